The minimum absolute atomic E-state index is 0.264. The van der Waals surface area contributed by atoms with Crippen LogP contribution in [0.1, 0.15) is 49.9 Å². The minimum atomic E-state index is -0.264. The quantitative estimate of drug-likeness (QED) is 0.164. The Morgan fingerprint density at radius 2 is 1.15 bits per heavy atom. The maximum Gasteiger partial charge on any atom is 0.0500 e. The fraction of sp³-hybridized carbons (Fsp3) is 0.136. The standard InChI is InChI=1S/C44H40N2/c1-7-8-29-39-33(3)42(46(37-25-17-11-18-26-37)38-27-19-12-20-28-38)31-41-43(39)34(4)40(44(41,5)6)30-32(2)45(35-21-13-9-14-22-35)36-23-15-10-16-24-36/h1,8-31H,2-6H3/b29-8-,32-30+. The van der Waals surface area contributed by atoms with Crippen molar-refractivity contribution in [1.29, 1.82) is 0 Å². The van der Waals surface area contributed by atoms with E-state index >= 15 is 0 Å². The molecule has 0 fully saturated rings. The van der Waals surface area contributed by atoms with Gasteiger partial charge in [-0.1, -0.05) is 92.6 Å². The SMILES string of the molecule is C#C/C=C\c1c(C)c(N(c2ccccc2)c2ccccc2)cc2c1C(C)=C(/C=C(\C)N(c1ccccc1)c1ccccc1)C2(C)C. The first-order valence-electron chi connectivity index (χ1n) is 15.8. The van der Waals surface area contributed by atoms with Crippen molar-refractivity contribution < 1.29 is 0 Å². The molecule has 1 aliphatic rings. The second kappa shape index (κ2) is 12.8. The monoisotopic (exact) mass is 596 g/mol. The summed E-state index contributed by atoms with van der Waals surface area (Å²) < 4.78 is 0. The molecule has 0 saturated carbocycles. The van der Waals surface area contributed by atoms with Crippen molar-refractivity contribution in [2.45, 2.75) is 40.0 Å². The molecule has 5 aromatic rings. The third-order valence-corrected chi connectivity index (χ3v) is 9.08. The summed E-state index contributed by atoms with van der Waals surface area (Å²) in [5.74, 6) is 2.75. The maximum absolute atomic E-state index is 5.80. The van der Waals surface area contributed by atoms with Crippen molar-refractivity contribution in [3.63, 3.8) is 0 Å². The molecule has 0 radical (unpaired) electrons. The molecular formula is C44H40N2. The molecule has 0 aromatic heterocycles. The summed E-state index contributed by atoms with van der Waals surface area (Å²) in [7, 11) is 0. The van der Waals surface area contributed by atoms with E-state index in [4.69, 9.17) is 6.42 Å². The van der Waals surface area contributed by atoms with Crippen molar-refractivity contribution in [2.24, 2.45) is 0 Å². The van der Waals surface area contributed by atoms with Crippen molar-refractivity contribution in [1.82, 2.24) is 0 Å². The third kappa shape index (κ3) is 5.57. The second-order valence-electron chi connectivity index (χ2n) is 12.3. The van der Waals surface area contributed by atoms with Crippen molar-refractivity contribution >= 4 is 40.1 Å². The van der Waals surface area contributed by atoms with Crippen LogP contribution in [0.2, 0.25) is 0 Å². The highest BCUT2D eigenvalue weighted by atomic mass is 15.1. The molecule has 46 heavy (non-hydrogen) atoms. The Labute approximate surface area is 274 Å². The summed E-state index contributed by atoms with van der Waals surface area (Å²) in [6.07, 6.45) is 12.1. The van der Waals surface area contributed by atoms with Crippen LogP contribution >= 0.6 is 0 Å². The van der Waals surface area contributed by atoms with Crippen LogP contribution in [0.3, 0.4) is 0 Å². The molecule has 5 aromatic carbocycles. The van der Waals surface area contributed by atoms with E-state index in [2.05, 4.69) is 190 Å². The lowest BCUT2D eigenvalue weighted by Gasteiger charge is -2.31. The van der Waals surface area contributed by atoms with Gasteiger partial charge in [0.05, 0.1) is 0 Å². The van der Waals surface area contributed by atoms with Crippen molar-refractivity contribution in [3.8, 4) is 12.3 Å². The topological polar surface area (TPSA) is 6.48 Å². The van der Waals surface area contributed by atoms with Gasteiger partial charge >= 0.3 is 0 Å². The van der Waals surface area contributed by atoms with E-state index in [1.807, 2.05) is 6.08 Å². The average molecular weight is 597 g/mol. The molecule has 2 heteroatoms. The molecule has 2 nitrogen and oxygen atoms in total. The van der Waals surface area contributed by atoms with E-state index in [9.17, 15) is 0 Å². The number of fused-ring (bicyclic) bond motifs is 1. The van der Waals surface area contributed by atoms with Gasteiger partial charge in [-0.05, 0) is 127 Å². The Balaban J connectivity index is 1.56. The zero-order valence-electron chi connectivity index (χ0n) is 27.3. The molecule has 0 bridgehead atoms. The van der Waals surface area contributed by atoms with Crippen LogP contribution in [0, 0.1) is 19.3 Å². The van der Waals surface area contributed by atoms with Gasteiger partial charge in [-0.3, -0.25) is 0 Å². The van der Waals surface area contributed by atoms with E-state index in [1.54, 1.807) is 0 Å². The van der Waals surface area contributed by atoms with Gasteiger partial charge < -0.3 is 9.80 Å². The zero-order valence-corrected chi connectivity index (χ0v) is 27.3. The number of hydrogen-bond acceptors (Lipinski definition) is 2. The van der Waals surface area contributed by atoms with Crippen LogP contribution in [0.15, 0.2) is 151 Å². The predicted octanol–water partition coefficient (Wildman–Crippen LogP) is 11.9. The molecule has 0 unspecified atom stereocenters. The first-order chi connectivity index (χ1) is 22.3. The summed E-state index contributed by atoms with van der Waals surface area (Å²) in [6, 6.07) is 44.8. The van der Waals surface area contributed by atoms with Crippen molar-refractivity contribution in [3.05, 3.63) is 173 Å². The van der Waals surface area contributed by atoms with Gasteiger partial charge in [0, 0.05) is 39.5 Å². The van der Waals surface area contributed by atoms with E-state index in [1.165, 1.54) is 27.8 Å². The molecule has 0 spiro atoms. The van der Waals surface area contributed by atoms with Gasteiger partial charge in [-0.2, -0.15) is 0 Å². The van der Waals surface area contributed by atoms with Gasteiger partial charge in [0.2, 0.25) is 0 Å². The lowest BCUT2D eigenvalue weighted by atomic mass is 9.79. The number of hydrogen-bond donors (Lipinski definition) is 0. The Hall–Kier alpha value is -5.52. The second-order valence-corrected chi connectivity index (χ2v) is 12.3. The lowest BCUT2D eigenvalue weighted by molar-refractivity contribution is 0.652. The molecular weight excluding hydrogens is 556 g/mol. The predicted molar refractivity (Wildman–Crippen MR) is 198 cm³/mol. The number of benzene rings is 5. The molecule has 0 heterocycles. The smallest absolute Gasteiger partial charge is 0.0500 e. The number of allylic oxidation sites excluding steroid dienone is 5. The van der Waals surface area contributed by atoms with Crippen LogP contribution in [0.5, 0.6) is 0 Å². The number of terminal acetylenes is 1. The summed E-state index contributed by atoms with van der Waals surface area (Å²) in [4.78, 5) is 4.70. The molecule has 0 atom stereocenters. The Morgan fingerprint density at radius 1 is 0.696 bits per heavy atom. The van der Waals surface area contributed by atoms with E-state index in [0.29, 0.717) is 0 Å². The molecule has 0 amide bonds. The van der Waals surface area contributed by atoms with Gasteiger partial charge in [-0.15, -0.1) is 6.42 Å². The summed E-state index contributed by atoms with van der Waals surface area (Å²) >= 11 is 0. The van der Waals surface area contributed by atoms with Crippen molar-refractivity contribution in [2.75, 3.05) is 9.80 Å². The van der Waals surface area contributed by atoms with Gasteiger partial charge in [-0.25, -0.2) is 0 Å². The summed E-state index contributed by atoms with van der Waals surface area (Å²) in [6.45, 7) is 11.4. The Bertz CT molecular complexity index is 1900. The van der Waals surface area contributed by atoms with Gasteiger partial charge in [0.15, 0.2) is 0 Å². The highest BCUT2D eigenvalue weighted by Gasteiger charge is 2.38. The number of nitrogens with zero attached hydrogens (tertiary/aromatic N) is 2. The first-order valence-corrected chi connectivity index (χ1v) is 15.8. The van der Waals surface area contributed by atoms with Gasteiger partial charge in [0.1, 0.15) is 0 Å². The number of para-hydroxylation sites is 4. The molecule has 1 aliphatic carbocycles. The van der Waals surface area contributed by atoms with E-state index < -0.39 is 0 Å². The largest absolute Gasteiger partial charge is 0.315 e. The molecule has 0 N–H and O–H groups in total. The highest BCUT2D eigenvalue weighted by Crippen LogP contribution is 2.52. The van der Waals surface area contributed by atoms with E-state index in [-0.39, 0.29) is 5.41 Å². The van der Waals surface area contributed by atoms with Gasteiger partial charge in [0.25, 0.3) is 0 Å². The highest BCUT2D eigenvalue weighted by molar-refractivity contribution is 5.92. The molecule has 226 valence electrons. The van der Waals surface area contributed by atoms with Crippen LogP contribution in [-0.4, -0.2) is 0 Å². The molecule has 6 rings (SSSR count). The Kier molecular flexibility index (Phi) is 8.51. The average Bonchev–Trinajstić information content (AvgIpc) is 3.26. The fourth-order valence-corrected chi connectivity index (χ4v) is 6.86. The number of anilines is 5. The van der Waals surface area contributed by atoms with Crippen LogP contribution in [0.25, 0.3) is 11.6 Å². The lowest BCUT2D eigenvalue weighted by Crippen LogP contribution is -2.20. The summed E-state index contributed by atoms with van der Waals surface area (Å²) in [5, 5.41) is 0. The Morgan fingerprint density at radius 3 is 1.61 bits per heavy atom. The number of rotatable bonds is 8. The van der Waals surface area contributed by atoms with Crippen LogP contribution in [0.4, 0.5) is 28.4 Å². The van der Waals surface area contributed by atoms with Crippen LogP contribution < -0.4 is 9.80 Å². The third-order valence-electron chi connectivity index (χ3n) is 9.08. The molecule has 0 saturated heterocycles. The maximum atomic E-state index is 5.80. The zero-order chi connectivity index (χ0) is 32.3. The fourth-order valence-electron chi connectivity index (χ4n) is 6.86. The normalized spacial score (nSPS) is 13.9. The first kappa shape index (κ1) is 30.5. The molecule has 0 aliphatic heterocycles. The summed E-state index contributed by atoms with van der Waals surface area (Å²) in [5.41, 5.74) is 14.0. The van der Waals surface area contributed by atoms with Crippen LogP contribution in [-0.2, 0) is 5.41 Å². The minimum Gasteiger partial charge on any atom is -0.315 e. The van der Waals surface area contributed by atoms with E-state index in [0.717, 1.165) is 39.7 Å².